The Morgan fingerprint density at radius 2 is 1.95 bits per heavy atom. The van der Waals surface area contributed by atoms with Crippen molar-refractivity contribution >= 4 is 6.01 Å². The Morgan fingerprint density at radius 1 is 1.25 bits per heavy atom. The first kappa shape index (κ1) is 14.4. The van der Waals surface area contributed by atoms with Crippen molar-refractivity contribution in [3.8, 4) is 5.75 Å². The molecule has 0 bridgehead atoms. The number of ether oxygens (including phenoxy) is 1. The molecule has 0 fully saturated rings. The van der Waals surface area contributed by atoms with Gasteiger partial charge in [0.15, 0.2) is 5.82 Å². The van der Waals surface area contributed by atoms with Gasteiger partial charge in [-0.25, -0.2) is 0 Å². The van der Waals surface area contributed by atoms with E-state index in [4.69, 9.17) is 9.26 Å². The molecule has 0 aliphatic rings. The molecule has 1 aromatic carbocycles. The number of aromatic nitrogens is 2. The molecule has 1 N–H and O–H groups in total. The molecular formula is C15H21N3O2. The highest BCUT2D eigenvalue weighted by Crippen LogP contribution is 2.22. The topological polar surface area (TPSA) is 60.2 Å². The van der Waals surface area contributed by atoms with Gasteiger partial charge in [-0.3, -0.25) is 0 Å². The van der Waals surface area contributed by atoms with E-state index in [1.54, 1.807) is 0 Å². The van der Waals surface area contributed by atoms with Crippen LogP contribution >= 0.6 is 0 Å². The molecule has 2 aromatic rings. The van der Waals surface area contributed by atoms with Gasteiger partial charge in [0, 0.05) is 5.92 Å². The number of benzene rings is 1. The number of nitrogens with zero attached hydrogens (tertiary/aromatic N) is 2. The van der Waals surface area contributed by atoms with E-state index in [1.165, 1.54) is 0 Å². The molecule has 0 radical (unpaired) electrons. The Balaban J connectivity index is 1.81. The number of rotatable bonds is 6. The summed E-state index contributed by atoms with van der Waals surface area (Å²) in [7, 11) is 0. The van der Waals surface area contributed by atoms with Crippen LogP contribution in [-0.2, 0) is 0 Å². The molecule has 108 valence electrons. The van der Waals surface area contributed by atoms with E-state index < -0.39 is 0 Å². The maximum atomic E-state index is 5.79. The summed E-state index contributed by atoms with van der Waals surface area (Å²) in [5, 5.41) is 6.96. The summed E-state index contributed by atoms with van der Waals surface area (Å²) in [6.07, 6.45) is 0. The zero-order valence-corrected chi connectivity index (χ0v) is 12.4. The number of nitrogens with one attached hydrogen (secondary N) is 1. The van der Waals surface area contributed by atoms with Crippen LogP contribution in [0.15, 0.2) is 22.7 Å². The summed E-state index contributed by atoms with van der Waals surface area (Å²) >= 11 is 0. The van der Waals surface area contributed by atoms with Crippen LogP contribution in [0, 0.1) is 13.8 Å². The van der Waals surface area contributed by atoms with Gasteiger partial charge in [0.1, 0.15) is 12.4 Å². The molecule has 0 atom stereocenters. The van der Waals surface area contributed by atoms with E-state index in [2.05, 4.69) is 15.5 Å². The van der Waals surface area contributed by atoms with Crippen LogP contribution in [0.1, 0.15) is 36.7 Å². The fourth-order valence-electron chi connectivity index (χ4n) is 1.88. The molecule has 1 aromatic heterocycles. The minimum atomic E-state index is 0.264. The van der Waals surface area contributed by atoms with Crippen molar-refractivity contribution < 1.29 is 9.26 Å². The van der Waals surface area contributed by atoms with Gasteiger partial charge < -0.3 is 14.6 Å². The van der Waals surface area contributed by atoms with Gasteiger partial charge >= 0.3 is 6.01 Å². The summed E-state index contributed by atoms with van der Waals surface area (Å²) in [4.78, 5) is 4.24. The molecule has 5 heteroatoms. The third-order valence-corrected chi connectivity index (χ3v) is 2.99. The first-order chi connectivity index (χ1) is 9.58. The minimum absolute atomic E-state index is 0.264. The first-order valence-corrected chi connectivity index (χ1v) is 6.84. The largest absolute Gasteiger partial charge is 0.491 e. The molecule has 0 aliphatic heterocycles. The third kappa shape index (κ3) is 3.50. The second-order valence-corrected chi connectivity index (χ2v) is 5.11. The van der Waals surface area contributed by atoms with Crippen molar-refractivity contribution in [2.24, 2.45) is 0 Å². The normalized spacial score (nSPS) is 10.8. The Hall–Kier alpha value is -2.04. The van der Waals surface area contributed by atoms with E-state index in [0.29, 0.717) is 25.0 Å². The minimum Gasteiger partial charge on any atom is -0.491 e. The van der Waals surface area contributed by atoms with Gasteiger partial charge in [-0.2, -0.15) is 4.98 Å². The van der Waals surface area contributed by atoms with Gasteiger partial charge in [-0.15, -0.1) is 0 Å². The fourth-order valence-corrected chi connectivity index (χ4v) is 1.88. The van der Waals surface area contributed by atoms with Crippen LogP contribution in [0.2, 0.25) is 0 Å². The predicted molar refractivity (Wildman–Crippen MR) is 78.3 cm³/mol. The van der Waals surface area contributed by atoms with Crippen molar-refractivity contribution in [1.82, 2.24) is 10.1 Å². The van der Waals surface area contributed by atoms with Crippen molar-refractivity contribution in [2.45, 2.75) is 33.6 Å². The second-order valence-electron chi connectivity index (χ2n) is 5.11. The first-order valence-electron chi connectivity index (χ1n) is 6.84. The Morgan fingerprint density at radius 3 is 2.55 bits per heavy atom. The van der Waals surface area contributed by atoms with Crippen LogP contribution in [0.5, 0.6) is 5.75 Å². The van der Waals surface area contributed by atoms with Crippen molar-refractivity contribution in [2.75, 3.05) is 18.5 Å². The van der Waals surface area contributed by atoms with Gasteiger partial charge in [0.2, 0.25) is 0 Å². The van der Waals surface area contributed by atoms with Crippen LogP contribution in [0.4, 0.5) is 6.01 Å². The maximum Gasteiger partial charge on any atom is 0.321 e. The SMILES string of the molecule is Cc1cccc(C)c1OCCNc1nc(C(C)C)no1. The molecule has 0 saturated carbocycles. The summed E-state index contributed by atoms with van der Waals surface area (Å²) in [5.41, 5.74) is 2.29. The van der Waals surface area contributed by atoms with Gasteiger partial charge in [-0.1, -0.05) is 37.2 Å². The molecule has 2 rings (SSSR count). The highest BCUT2D eigenvalue weighted by atomic mass is 16.5. The van der Waals surface area contributed by atoms with E-state index in [-0.39, 0.29) is 5.92 Å². The van der Waals surface area contributed by atoms with E-state index >= 15 is 0 Å². The van der Waals surface area contributed by atoms with Gasteiger partial charge in [-0.05, 0) is 25.0 Å². The number of anilines is 1. The number of hydrogen-bond donors (Lipinski definition) is 1. The maximum absolute atomic E-state index is 5.79. The smallest absolute Gasteiger partial charge is 0.321 e. The Kier molecular flexibility index (Phi) is 4.61. The predicted octanol–water partition coefficient (Wildman–Crippen LogP) is 3.30. The second kappa shape index (κ2) is 6.41. The molecule has 20 heavy (non-hydrogen) atoms. The highest BCUT2D eigenvalue weighted by Gasteiger charge is 2.09. The van der Waals surface area contributed by atoms with Crippen LogP contribution in [-0.4, -0.2) is 23.3 Å². The summed E-state index contributed by atoms with van der Waals surface area (Å²) in [6, 6.07) is 6.56. The van der Waals surface area contributed by atoms with Crippen LogP contribution < -0.4 is 10.1 Å². The average molecular weight is 275 g/mol. The highest BCUT2D eigenvalue weighted by molar-refractivity contribution is 5.39. The number of para-hydroxylation sites is 1. The fraction of sp³-hybridized carbons (Fsp3) is 0.467. The Bertz CT molecular complexity index is 544. The number of hydrogen-bond acceptors (Lipinski definition) is 5. The molecule has 0 amide bonds. The molecular weight excluding hydrogens is 254 g/mol. The zero-order chi connectivity index (χ0) is 14.5. The molecule has 0 spiro atoms. The Labute approximate surface area is 119 Å². The summed E-state index contributed by atoms with van der Waals surface area (Å²) in [5.74, 6) is 1.92. The quantitative estimate of drug-likeness (QED) is 0.820. The number of aryl methyl sites for hydroxylation is 2. The zero-order valence-electron chi connectivity index (χ0n) is 12.4. The summed E-state index contributed by atoms with van der Waals surface area (Å²) < 4.78 is 10.9. The lowest BCUT2D eigenvalue weighted by molar-refractivity contribution is 0.325. The van der Waals surface area contributed by atoms with Gasteiger partial charge in [0.05, 0.1) is 6.54 Å². The van der Waals surface area contributed by atoms with Crippen molar-refractivity contribution in [3.63, 3.8) is 0 Å². The molecule has 1 heterocycles. The molecule has 0 saturated heterocycles. The van der Waals surface area contributed by atoms with E-state index in [1.807, 2.05) is 45.9 Å². The molecule has 5 nitrogen and oxygen atoms in total. The standard InChI is InChI=1S/C15H21N3O2/c1-10(2)14-17-15(20-18-14)16-8-9-19-13-11(3)6-5-7-12(13)4/h5-7,10H,8-9H2,1-4H3,(H,16,17,18). The van der Waals surface area contributed by atoms with Gasteiger partial charge in [0.25, 0.3) is 0 Å². The molecule has 0 aliphatic carbocycles. The average Bonchev–Trinajstić information content (AvgIpc) is 2.86. The lowest BCUT2D eigenvalue weighted by Crippen LogP contribution is -2.12. The monoisotopic (exact) mass is 275 g/mol. The van der Waals surface area contributed by atoms with Crippen molar-refractivity contribution in [3.05, 3.63) is 35.2 Å². The molecule has 0 unspecified atom stereocenters. The van der Waals surface area contributed by atoms with Crippen LogP contribution in [0.25, 0.3) is 0 Å². The third-order valence-electron chi connectivity index (χ3n) is 2.99. The van der Waals surface area contributed by atoms with E-state index in [9.17, 15) is 0 Å². The van der Waals surface area contributed by atoms with Crippen LogP contribution in [0.3, 0.4) is 0 Å². The lowest BCUT2D eigenvalue weighted by atomic mass is 10.1. The summed E-state index contributed by atoms with van der Waals surface area (Å²) in [6.45, 7) is 9.31. The van der Waals surface area contributed by atoms with Crippen molar-refractivity contribution in [1.29, 1.82) is 0 Å². The van der Waals surface area contributed by atoms with E-state index in [0.717, 1.165) is 16.9 Å². The lowest BCUT2D eigenvalue weighted by Gasteiger charge is -2.11.